The zero-order chi connectivity index (χ0) is 18.1. The lowest BCUT2D eigenvalue weighted by Crippen LogP contribution is -2.41. The fourth-order valence-corrected chi connectivity index (χ4v) is 2.18. The fraction of sp³-hybridized carbons (Fsp3) is 0.222. The van der Waals surface area contributed by atoms with Gasteiger partial charge in [0.1, 0.15) is 11.6 Å². The highest BCUT2D eigenvalue weighted by atomic mass is 19.1. The molecule has 0 aliphatic carbocycles. The van der Waals surface area contributed by atoms with Crippen molar-refractivity contribution in [2.24, 2.45) is 4.99 Å². The highest BCUT2D eigenvalue weighted by Crippen LogP contribution is 2.16. The van der Waals surface area contributed by atoms with Gasteiger partial charge in [-0.1, -0.05) is 24.3 Å². The van der Waals surface area contributed by atoms with Gasteiger partial charge in [0.05, 0.1) is 13.7 Å². The maximum atomic E-state index is 13.1. The molecule has 0 fully saturated rings. The van der Waals surface area contributed by atoms with Gasteiger partial charge >= 0.3 is 0 Å². The van der Waals surface area contributed by atoms with Gasteiger partial charge in [0.25, 0.3) is 0 Å². The van der Waals surface area contributed by atoms with Crippen LogP contribution in [-0.2, 0) is 11.3 Å². The molecule has 0 saturated heterocycles. The molecule has 0 unspecified atom stereocenters. The van der Waals surface area contributed by atoms with Crippen molar-refractivity contribution in [3.63, 3.8) is 0 Å². The highest BCUT2D eigenvalue weighted by molar-refractivity contribution is 5.94. The van der Waals surface area contributed by atoms with Crippen LogP contribution in [0.2, 0.25) is 0 Å². The molecule has 0 heterocycles. The number of hydrogen-bond donors (Lipinski definition) is 3. The second kappa shape index (κ2) is 9.27. The van der Waals surface area contributed by atoms with Crippen LogP contribution in [0.15, 0.2) is 53.5 Å². The lowest BCUT2D eigenvalue weighted by Gasteiger charge is -2.13. The first-order chi connectivity index (χ1) is 12.1. The van der Waals surface area contributed by atoms with Gasteiger partial charge in [-0.3, -0.25) is 9.79 Å². The highest BCUT2D eigenvalue weighted by Gasteiger charge is 2.06. The largest absolute Gasteiger partial charge is 0.496 e. The molecule has 0 saturated carbocycles. The molecule has 2 aromatic rings. The molecule has 0 aliphatic rings. The summed E-state index contributed by atoms with van der Waals surface area (Å²) >= 11 is 0. The molecule has 2 rings (SSSR count). The van der Waals surface area contributed by atoms with E-state index in [9.17, 15) is 9.18 Å². The molecule has 0 aromatic heterocycles. The molecule has 2 aromatic carbocycles. The predicted molar refractivity (Wildman–Crippen MR) is 96.2 cm³/mol. The minimum absolute atomic E-state index is 0.00209. The first kappa shape index (κ1) is 18.3. The van der Waals surface area contributed by atoms with Crippen molar-refractivity contribution in [3.05, 3.63) is 59.9 Å². The first-order valence-corrected chi connectivity index (χ1v) is 7.74. The predicted octanol–water partition coefficient (Wildman–Crippen LogP) is 2.14. The lowest BCUT2D eigenvalue weighted by atomic mass is 10.2. The Labute approximate surface area is 146 Å². The molecular formula is C18H21FN4O2. The summed E-state index contributed by atoms with van der Waals surface area (Å²) in [6, 6.07) is 13.4. The number of nitrogens with one attached hydrogen (secondary N) is 3. The van der Waals surface area contributed by atoms with Gasteiger partial charge in [-0.05, 0) is 24.3 Å². The zero-order valence-corrected chi connectivity index (χ0v) is 14.2. The van der Waals surface area contributed by atoms with E-state index in [1.807, 2.05) is 24.3 Å². The SMILES string of the molecule is CN=C(NCC(=O)Nc1cccc(F)c1)NCc1ccccc1OC. The van der Waals surface area contributed by atoms with Crippen molar-refractivity contribution in [3.8, 4) is 5.75 Å². The molecule has 0 aliphatic heterocycles. The summed E-state index contributed by atoms with van der Waals surface area (Å²) in [5.41, 5.74) is 1.38. The topological polar surface area (TPSA) is 74.8 Å². The van der Waals surface area contributed by atoms with Crippen LogP contribution in [0.3, 0.4) is 0 Å². The summed E-state index contributed by atoms with van der Waals surface area (Å²) in [5, 5.41) is 8.62. The van der Waals surface area contributed by atoms with Crippen molar-refractivity contribution < 1.29 is 13.9 Å². The van der Waals surface area contributed by atoms with Gasteiger partial charge < -0.3 is 20.7 Å². The summed E-state index contributed by atoms with van der Waals surface area (Å²) in [6.07, 6.45) is 0. The number of carbonyl (C=O) groups excluding carboxylic acids is 1. The number of rotatable bonds is 6. The number of halogens is 1. The van der Waals surface area contributed by atoms with Crippen LogP contribution in [0.5, 0.6) is 5.75 Å². The van der Waals surface area contributed by atoms with Crippen LogP contribution in [0.25, 0.3) is 0 Å². The van der Waals surface area contributed by atoms with Gasteiger partial charge in [-0.25, -0.2) is 4.39 Å². The van der Waals surface area contributed by atoms with Crippen molar-refractivity contribution in [1.29, 1.82) is 0 Å². The Morgan fingerprint density at radius 2 is 1.96 bits per heavy atom. The summed E-state index contributed by atoms with van der Waals surface area (Å²) in [7, 11) is 3.23. The third-order valence-electron chi connectivity index (χ3n) is 3.39. The van der Waals surface area contributed by atoms with Gasteiger partial charge in [0.15, 0.2) is 5.96 Å². The second-order valence-corrected chi connectivity index (χ2v) is 5.15. The number of guanidine groups is 1. The standard InChI is InChI=1S/C18H21FN4O2/c1-20-18(21-11-13-6-3-4-9-16(13)25-2)22-12-17(24)23-15-8-5-7-14(19)10-15/h3-10H,11-12H2,1-2H3,(H,23,24)(H2,20,21,22). The van der Waals surface area contributed by atoms with Crippen LogP contribution in [0.1, 0.15) is 5.56 Å². The number of methoxy groups -OCH3 is 1. The van der Waals surface area contributed by atoms with E-state index in [2.05, 4.69) is 20.9 Å². The number of para-hydroxylation sites is 1. The summed E-state index contributed by atoms with van der Waals surface area (Å²) in [4.78, 5) is 16.0. The van der Waals surface area contributed by atoms with E-state index in [4.69, 9.17) is 4.74 Å². The Kier molecular flexibility index (Phi) is 6.76. The van der Waals surface area contributed by atoms with Crippen molar-refractivity contribution >= 4 is 17.6 Å². The van der Waals surface area contributed by atoms with Crippen molar-refractivity contribution in [2.75, 3.05) is 26.0 Å². The molecule has 132 valence electrons. The van der Waals surface area contributed by atoms with Crippen LogP contribution < -0.4 is 20.7 Å². The fourth-order valence-electron chi connectivity index (χ4n) is 2.18. The number of benzene rings is 2. The Hall–Kier alpha value is -3.09. The van der Waals surface area contributed by atoms with Gasteiger partial charge in [-0.2, -0.15) is 0 Å². The molecule has 6 nitrogen and oxygen atoms in total. The van der Waals surface area contributed by atoms with E-state index < -0.39 is 5.82 Å². The Balaban J connectivity index is 1.82. The molecular weight excluding hydrogens is 323 g/mol. The zero-order valence-electron chi connectivity index (χ0n) is 14.2. The average Bonchev–Trinajstić information content (AvgIpc) is 2.62. The quantitative estimate of drug-likeness (QED) is 0.554. The van der Waals surface area contributed by atoms with Gasteiger partial charge in [-0.15, -0.1) is 0 Å². The first-order valence-electron chi connectivity index (χ1n) is 7.74. The number of hydrogen-bond acceptors (Lipinski definition) is 3. The minimum Gasteiger partial charge on any atom is -0.496 e. The smallest absolute Gasteiger partial charge is 0.243 e. The lowest BCUT2D eigenvalue weighted by molar-refractivity contribution is -0.115. The van der Waals surface area contributed by atoms with Crippen LogP contribution in [0, 0.1) is 5.82 Å². The molecule has 0 bridgehead atoms. The number of amides is 1. The van der Waals surface area contributed by atoms with E-state index in [1.165, 1.54) is 18.2 Å². The maximum absolute atomic E-state index is 13.1. The Bertz CT molecular complexity index is 749. The number of aliphatic imine (C=N–C) groups is 1. The van der Waals surface area contributed by atoms with Gasteiger partial charge in [0, 0.05) is 24.8 Å². The molecule has 1 amide bonds. The summed E-state index contributed by atoms with van der Waals surface area (Å²) in [6.45, 7) is 0.497. The number of ether oxygens (including phenoxy) is 1. The summed E-state index contributed by atoms with van der Waals surface area (Å²) in [5.74, 6) is 0.542. The van der Waals surface area contributed by atoms with E-state index in [0.29, 0.717) is 18.2 Å². The monoisotopic (exact) mass is 344 g/mol. The Morgan fingerprint density at radius 3 is 2.68 bits per heavy atom. The van der Waals surface area contributed by atoms with Crippen LogP contribution >= 0.6 is 0 Å². The maximum Gasteiger partial charge on any atom is 0.243 e. The normalized spacial score (nSPS) is 10.9. The van der Waals surface area contributed by atoms with E-state index in [0.717, 1.165) is 11.3 Å². The third-order valence-corrected chi connectivity index (χ3v) is 3.39. The van der Waals surface area contributed by atoms with Crippen molar-refractivity contribution in [2.45, 2.75) is 6.54 Å². The number of carbonyl (C=O) groups is 1. The average molecular weight is 344 g/mol. The van der Waals surface area contributed by atoms with Gasteiger partial charge in [0.2, 0.25) is 5.91 Å². The van der Waals surface area contributed by atoms with Crippen LogP contribution in [-0.4, -0.2) is 32.6 Å². The van der Waals surface area contributed by atoms with Crippen LogP contribution in [0.4, 0.5) is 10.1 Å². The third kappa shape index (κ3) is 5.80. The molecule has 3 N–H and O–H groups in total. The Morgan fingerprint density at radius 1 is 1.16 bits per heavy atom. The van der Waals surface area contributed by atoms with Crippen molar-refractivity contribution in [1.82, 2.24) is 10.6 Å². The molecule has 0 atom stereocenters. The number of anilines is 1. The second-order valence-electron chi connectivity index (χ2n) is 5.15. The molecule has 0 spiro atoms. The van der Waals surface area contributed by atoms with E-state index in [-0.39, 0.29) is 12.5 Å². The number of nitrogens with zero attached hydrogens (tertiary/aromatic N) is 1. The summed E-state index contributed by atoms with van der Waals surface area (Å²) < 4.78 is 18.4. The van der Waals surface area contributed by atoms with E-state index in [1.54, 1.807) is 20.2 Å². The minimum atomic E-state index is -0.403. The molecule has 25 heavy (non-hydrogen) atoms. The molecule has 7 heteroatoms. The molecule has 0 radical (unpaired) electrons. The van der Waals surface area contributed by atoms with E-state index >= 15 is 0 Å².